The monoisotopic (exact) mass is 617 g/mol. The average molecular weight is 618 g/mol. The van der Waals surface area contributed by atoms with E-state index in [2.05, 4.69) is 36.8 Å². The minimum Gasteiger partial charge on any atom is -0.378 e. The molecule has 234 valence electrons. The summed E-state index contributed by atoms with van der Waals surface area (Å²) < 4.78 is 48.5. The molecule has 0 saturated carbocycles. The fourth-order valence-corrected chi connectivity index (χ4v) is 5.54. The molecule has 2 aromatic heterocycles. The number of benzene rings is 2. The number of nitrogens with one attached hydrogen (secondary N) is 1. The van der Waals surface area contributed by atoms with Crippen molar-refractivity contribution < 1.29 is 22.7 Å². The summed E-state index contributed by atoms with van der Waals surface area (Å²) in [5.74, 6) is 6.56. The Hall–Kier alpha value is -4.44. The minimum absolute atomic E-state index is 0.0997. The summed E-state index contributed by atoms with van der Waals surface area (Å²) >= 11 is 0. The van der Waals surface area contributed by atoms with Crippen molar-refractivity contribution in [3.63, 3.8) is 0 Å². The van der Waals surface area contributed by atoms with E-state index in [0.717, 1.165) is 57.2 Å². The van der Waals surface area contributed by atoms with Gasteiger partial charge in [-0.1, -0.05) is 12.0 Å². The molecule has 2 aromatic carbocycles. The number of amides is 1. The van der Waals surface area contributed by atoms with Crippen LogP contribution in [-0.4, -0.2) is 89.8 Å². The van der Waals surface area contributed by atoms with Gasteiger partial charge >= 0.3 is 6.18 Å². The van der Waals surface area contributed by atoms with Crippen molar-refractivity contribution in [1.82, 2.24) is 24.4 Å². The molecule has 1 N–H and O–H groups in total. The van der Waals surface area contributed by atoms with Gasteiger partial charge in [0.25, 0.3) is 5.91 Å². The second-order valence-electron chi connectivity index (χ2n) is 11.4. The van der Waals surface area contributed by atoms with E-state index >= 15 is 0 Å². The van der Waals surface area contributed by atoms with Crippen LogP contribution in [0.2, 0.25) is 0 Å². The highest BCUT2D eigenvalue weighted by Crippen LogP contribution is 2.33. The first-order chi connectivity index (χ1) is 21.6. The zero-order chi connectivity index (χ0) is 31.6. The molecule has 0 spiro atoms. The highest BCUT2D eigenvalue weighted by atomic mass is 19.4. The number of carbonyl (C=O) groups excluding carboxylic acids is 1. The molecule has 4 aromatic rings. The van der Waals surface area contributed by atoms with E-state index in [1.807, 2.05) is 19.2 Å². The Bertz CT molecular complexity index is 1760. The highest BCUT2D eigenvalue weighted by molar-refractivity contribution is 6.05. The SMILES string of the molecule is Cc1c(C#Cc2cnc3ccc(N4CCOCC4)nn23)cccc1C(=O)Nc1cc(CN2CCN(C)CC2)cc(C(F)(F)F)c1. The number of ether oxygens (including phenoxy) is 1. The molecular formula is C33H34F3N7O2. The normalized spacial score (nSPS) is 16.4. The average Bonchev–Trinajstić information content (AvgIpc) is 3.44. The first-order valence-electron chi connectivity index (χ1n) is 14.9. The van der Waals surface area contributed by atoms with E-state index in [0.29, 0.717) is 53.4 Å². The Morgan fingerprint density at radius 1 is 1.00 bits per heavy atom. The van der Waals surface area contributed by atoms with Gasteiger partial charge in [0.05, 0.1) is 25.0 Å². The van der Waals surface area contributed by atoms with Crippen LogP contribution in [0.25, 0.3) is 5.65 Å². The van der Waals surface area contributed by atoms with Crippen molar-refractivity contribution in [3.05, 3.63) is 88.2 Å². The lowest BCUT2D eigenvalue weighted by Crippen LogP contribution is -2.43. The van der Waals surface area contributed by atoms with E-state index in [-0.39, 0.29) is 5.69 Å². The molecule has 9 nitrogen and oxygen atoms in total. The number of imidazole rings is 1. The fourth-order valence-electron chi connectivity index (χ4n) is 5.54. The Morgan fingerprint density at radius 2 is 1.78 bits per heavy atom. The zero-order valence-electron chi connectivity index (χ0n) is 25.2. The van der Waals surface area contributed by atoms with Crippen LogP contribution in [0.4, 0.5) is 24.7 Å². The number of rotatable bonds is 5. The number of morpholine rings is 1. The van der Waals surface area contributed by atoms with Crippen molar-refractivity contribution in [2.24, 2.45) is 0 Å². The number of hydrogen-bond acceptors (Lipinski definition) is 7. The third kappa shape index (κ3) is 7.12. The molecule has 4 heterocycles. The van der Waals surface area contributed by atoms with Crippen LogP contribution in [0.15, 0.2) is 54.7 Å². The summed E-state index contributed by atoms with van der Waals surface area (Å²) in [6.07, 6.45) is -2.89. The van der Waals surface area contributed by atoms with Crippen LogP contribution >= 0.6 is 0 Å². The Morgan fingerprint density at radius 3 is 2.53 bits per heavy atom. The lowest BCUT2D eigenvalue weighted by Gasteiger charge is -2.32. The number of fused-ring (bicyclic) bond motifs is 1. The van der Waals surface area contributed by atoms with Crippen molar-refractivity contribution in [1.29, 1.82) is 0 Å². The van der Waals surface area contributed by atoms with Gasteiger partial charge < -0.3 is 19.9 Å². The van der Waals surface area contributed by atoms with E-state index in [1.165, 1.54) is 0 Å². The molecule has 45 heavy (non-hydrogen) atoms. The predicted octanol–water partition coefficient (Wildman–Crippen LogP) is 4.29. The van der Waals surface area contributed by atoms with E-state index in [4.69, 9.17) is 9.84 Å². The number of carbonyl (C=O) groups is 1. The lowest BCUT2D eigenvalue weighted by molar-refractivity contribution is -0.137. The molecule has 2 aliphatic heterocycles. The van der Waals surface area contributed by atoms with Crippen LogP contribution in [-0.2, 0) is 17.5 Å². The minimum atomic E-state index is -4.54. The van der Waals surface area contributed by atoms with Crippen molar-refractivity contribution in [3.8, 4) is 11.8 Å². The van der Waals surface area contributed by atoms with Crippen molar-refractivity contribution >= 4 is 23.1 Å². The van der Waals surface area contributed by atoms with Crippen molar-refractivity contribution in [2.45, 2.75) is 19.6 Å². The van der Waals surface area contributed by atoms with Gasteiger partial charge in [0.2, 0.25) is 0 Å². The molecule has 0 unspecified atom stereocenters. The smallest absolute Gasteiger partial charge is 0.378 e. The quantitative estimate of drug-likeness (QED) is 0.335. The summed E-state index contributed by atoms with van der Waals surface area (Å²) in [4.78, 5) is 24.2. The van der Waals surface area contributed by atoms with E-state index < -0.39 is 17.6 Å². The molecule has 12 heteroatoms. The van der Waals surface area contributed by atoms with E-state index in [1.54, 1.807) is 41.9 Å². The fraction of sp³-hybridized carbons (Fsp3) is 0.364. The van der Waals surface area contributed by atoms with Gasteiger partial charge in [-0.05, 0) is 73.5 Å². The van der Waals surface area contributed by atoms with Crippen molar-refractivity contribution in [2.75, 3.05) is 69.7 Å². The molecule has 0 radical (unpaired) electrons. The standard InChI is InChI=1S/C33H34F3N7O2/c1-23-25(6-7-28-21-37-30-8-9-31(39-43(28)30)42-14-16-45-17-15-42)4-3-5-29(23)32(44)38-27-19-24(18-26(20-27)33(34,35)36)22-41-12-10-40(2)11-13-41/h3-5,8-9,18-21H,10-17,22H2,1-2H3,(H,38,44). The molecule has 2 fully saturated rings. The molecule has 6 rings (SSSR count). The second-order valence-corrected chi connectivity index (χ2v) is 11.4. The summed E-state index contributed by atoms with van der Waals surface area (Å²) in [5.41, 5.74) is 2.61. The number of aromatic nitrogens is 3. The Labute approximate surface area is 259 Å². The first-order valence-corrected chi connectivity index (χ1v) is 14.9. The van der Waals surface area contributed by atoms with Crippen LogP contribution in [0.1, 0.15) is 38.3 Å². The number of hydrogen-bond donors (Lipinski definition) is 1. The maximum absolute atomic E-state index is 13.8. The van der Waals surface area contributed by atoms with Gasteiger partial charge in [-0.25, -0.2) is 9.50 Å². The van der Waals surface area contributed by atoms with Gasteiger partial charge in [0, 0.05) is 62.6 Å². The van der Waals surface area contributed by atoms with Crippen LogP contribution < -0.4 is 10.2 Å². The summed E-state index contributed by atoms with van der Waals surface area (Å²) in [6.45, 7) is 8.17. The highest BCUT2D eigenvalue weighted by Gasteiger charge is 2.32. The summed E-state index contributed by atoms with van der Waals surface area (Å²) in [7, 11) is 2.02. The molecule has 1 amide bonds. The number of nitrogens with zero attached hydrogens (tertiary/aromatic N) is 6. The third-order valence-electron chi connectivity index (χ3n) is 8.17. The maximum Gasteiger partial charge on any atom is 0.416 e. The van der Waals surface area contributed by atoms with Gasteiger partial charge in [-0.15, -0.1) is 5.10 Å². The number of likely N-dealkylation sites (N-methyl/N-ethyl adjacent to an activating group) is 1. The Kier molecular flexibility index (Phi) is 8.76. The molecule has 2 saturated heterocycles. The van der Waals surface area contributed by atoms with Crippen LogP contribution in [0.3, 0.4) is 0 Å². The lowest BCUT2D eigenvalue weighted by atomic mass is 10.0. The number of piperazine rings is 1. The van der Waals surface area contributed by atoms with Gasteiger partial charge in [-0.2, -0.15) is 13.2 Å². The van der Waals surface area contributed by atoms with Gasteiger partial charge in [0.1, 0.15) is 11.5 Å². The van der Waals surface area contributed by atoms with Gasteiger partial charge in [0.15, 0.2) is 5.65 Å². The topological polar surface area (TPSA) is 78.2 Å². The third-order valence-corrected chi connectivity index (χ3v) is 8.17. The molecule has 0 aliphatic carbocycles. The number of halogens is 3. The second kappa shape index (κ2) is 12.9. The van der Waals surface area contributed by atoms with E-state index in [9.17, 15) is 18.0 Å². The number of anilines is 2. The predicted molar refractivity (Wildman–Crippen MR) is 165 cm³/mol. The largest absolute Gasteiger partial charge is 0.416 e. The molecule has 0 atom stereocenters. The van der Waals surface area contributed by atoms with Crippen LogP contribution in [0, 0.1) is 18.8 Å². The number of alkyl halides is 3. The molecule has 2 aliphatic rings. The Balaban J connectivity index is 1.23. The summed E-state index contributed by atoms with van der Waals surface area (Å²) in [6, 6.07) is 12.7. The molecule has 0 bridgehead atoms. The maximum atomic E-state index is 13.8. The van der Waals surface area contributed by atoms with Gasteiger partial charge in [-0.3, -0.25) is 9.69 Å². The molecular weight excluding hydrogens is 583 g/mol. The first kappa shape index (κ1) is 30.6. The van der Waals surface area contributed by atoms with Crippen LogP contribution in [0.5, 0.6) is 0 Å². The zero-order valence-corrected chi connectivity index (χ0v) is 25.2. The summed E-state index contributed by atoms with van der Waals surface area (Å²) in [5, 5.41) is 7.43.